The maximum Gasteiger partial charge on any atom is 0.323 e. The quantitative estimate of drug-likeness (QED) is 0.757. The zero-order chi connectivity index (χ0) is 14.5. The number of amides is 2. The summed E-state index contributed by atoms with van der Waals surface area (Å²) in [6, 6.07) is 11.9. The third-order valence-corrected chi connectivity index (χ3v) is 2.94. The molecule has 104 valence electrons. The van der Waals surface area contributed by atoms with Crippen LogP contribution in [0.4, 0.5) is 16.2 Å². The van der Waals surface area contributed by atoms with E-state index in [9.17, 15) is 4.79 Å². The molecule has 0 fully saturated rings. The van der Waals surface area contributed by atoms with Gasteiger partial charge in [0.25, 0.3) is 0 Å². The van der Waals surface area contributed by atoms with Crippen LogP contribution in [-0.4, -0.2) is 6.03 Å². The Balaban J connectivity index is 2.02. The number of benzene rings is 2. The molecular formula is C14H14ClN3O2. The van der Waals surface area contributed by atoms with E-state index in [-0.39, 0.29) is 6.03 Å². The number of rotatable bonds is 3. The lowest BCUT2D eigenvalue weighted by Crippen LogP contribution is -2.19. The molecule has 2 rings (SSSR count). The fourth-order valence-corrected chi connectivity index (χ4v) is 1.76. The number of carbonyl (C=O) groups is 1. The largest absolute Gasteiger partial charge is 0.410 e. The molecule has 0 bridgehead atoms. The summed E-state index contributed by atoms with van der Waals surface area (Å²) in [5.74, 6) is 5.37. The Bertz CT molecular complexity index is 614. The SMILES string of the molecule is Cc1ccc(NC(=O)Nc2ccc(Cl)c(ON)c2)cc1. The van der Waals surface area contributed by atoms with Gasteiger partial charge in [-0.2, -0.15) is 5.90 Å². The van der Waals surface area contributed by atoms with Gasteiger partial charge in [-0.25, -0.2) is 4.79 Å². The first kappa shape index (κ1) is 14.2. The molecule has 0 aliphatic heterocycles. The van der Waals surface area contributed by atoms with Crippen molar-refractivity contribution in [3.63, 3.8) is 0 Å². The van der Waals surface area contributed by atoms with Crippen LogP contribution in [0, 0.1) is 6.92 Å². The second-order valence-corrected chi connectivity index (χ2v) is 4.62. The van der Waals surface area contributed by atoms with Crippen molar-refractivity contribution in [3.8, 4) is 5.75 Å². The summed E-state index contributed by atoms with van der Waals surface area (Å²) in [4.78, 5) is 16.4. The van der Waals surface area contributed by atoms with Crippen molar-refractivity contribution in [2.24, 2.45) is 5.90 Å². The minimum absolute atomic E-state index is 0.291. The van der Waals surface area contributed by atoms with Crippen molar-refractivity contribution in [3.05, 3.63) is 53.1 Å². The fraction of sp³-hybridized carbons (Fsp3) is 0.0714. The van der Waals surface area contributed by atoms with Gasteiger partial charge in [-0.1, -0.05) is 29.3 Å². The first-order valence-electron chi connectivity index (χ1n) is 5.89. The van der Waals surface area contributed by atoms with E-state index in [2.05, 4.69) is 15.5 Å². The van der Waals surface area contributed by atoms with Crippen LogP contribution in [-0.2, 0) is 0 Å². The third-order valence-electron chi connectivity index (χ3n) is 2.63. The van der Waals surface area contributed by atoms with Crippen LogP contribution in [0.1, 0.15) is 5.56 Å². The number of aryl methyl sites for hydroxylation is 1. The van der Waals surface area contributed by atoms with Crippen molar-refractivity contribution in [1.82, 2.24) is 0 Å². The molecule has 0 saturated carbocycles. The molecule has 6 heteroatoms. The van der Waals surface area contributed by atoms with Gasteiger partial charge in [-0.3, -0.25) is 0 Å². The Hall–Kier alpha value is -2.24. The number of carbonyl (C=O) groups excluding carboxylic acids is 1. The summed E-state index contributed by atoms with van der Waals surface area (Å²) in [5, 5.41) is 5.75. The number of urea groups is 1. The zero-order valence-corrected chi connectivity index (χ0v) is 11.6. The van der Waals surface area contributed by atoms with Gasteiger partial charge in [0, 0.05) is 17.4 Å². The highest BCUT2D eigenvalue weighted by molar-refractivity contribution is 6.32. The summed E-state index contributed by atoms with van der Waals surface area (Å²) in [7, 11) is 0. The highest BCUT2D eigenvalue weighted by Crippen LogP contribution is 2.26. The molecule has 0 aliphatic carbocycles. The average Bonchev–Trinajstić information content (AvgIpc) is 2.43. The van der Waals surface area contributed by atoms with Gasteiger partial charge in [-0.15, -0.1) is 0 Å². The van der Waals surface area contributed by atoms with Gasteiger partial charge in [0.15, 0.2) is 5.75 Å². The van der Waals surface area contributed by atoms with Crippen LogP contribution in [0.3, 0.4) is 0 Å². The second kappa shape index (κ2) is 6.27. The molecule has 0 unspecified atom stereocenters. The Morgan fingerprint density at radius 1 is 1.10 bits per heavy atom. The Labute approximate surface area is 121 Å². The monoisotopic (exact) mass is 291 g/mol. The van der Waals surface area contributed by atoms with Crippen LogP contribution >= 0.6 is 11.6 Å². The number of nitrogens with two attached hydrogens (primary N) is 1. The van der Waals surface area contributed by atoms with E-state index in [0.717, 1.165) is 5.56 Å². The summed E-state index contributed by atoms with van der Waals surface area (Å²) >= 11 is 5.84. The maximum absolute atomic E-state index is 11.8. The number of nitrogens with one attached hydrogen (secondary N) is 2. The first-order chi connectivity index (χ1) is 9.58. The minimum Gasteiger partial charge on any atom is -0.410 e. The summed E-state index contributed by atoms with van der Waals surface area (Å²) in [6.45, 7) is 1.98. The van der Waals surface area contributed by atoms with Crippen molar-refractivity contribution < 1.29 is 9.63 Å². The van der Waals surface area contributed by atoms with Gasteiger partial charge >= 0.3 is 6.03 Å². The van der Waals surface area contributed by atoms with E-state index >= 15 is 0 Å². The van der Waals surface area contributed by atoms with Gasteiger partial charge in [-0.05, 0) is 31.2 Å². The van der Waals surface area contributed by atoms with Gasteiger partial charge in [0.2, 0.25) is 0 Å². The van der Waals surface area contributed by atoms with Crippen LogP contribution in [0.25, 0.3) is 0 Å². The molecule has 0 aliphatic rings. The van der Waals surface area contributed by atoms with Crippen molar-refractivity contribution in [2.45, 2.75) is 6.92 Å². The summed E-state index contributed by atoms with van der Waals surface area (Å²) in [6.07, 6.45) is 0. The number of hydrogen-bond acceptors (Lipinski definition) is 3. The molecule has 0 spiro atoms. The first-order valence-corrected chi connectivity index (χ1v) is 6.27. The third kappa shape index (κ3) is 3.63. The van der Waals surface area contributed by atoms with Crippen LogP contribution < -0.4 is 21.4 Å². The zero-order valence-electron chi connectivity index (χ0n) is 10.8. The predicted molar refractivity (Wildman–Crippen MR) is 80.1 cm³/mol. The van der Waals surface area contributed by atoms with E-state index in [1.807, 2.05) is 31.2 Å². The Morgan fingerprint density at radius 3 is 2.35 bits per heavy atom. The highest BCUT2D eigenvalue weighted by Gasteiger charge is 2.06. The van der Waals surface area contributed by atoms with Gasteiger partial charge in [0.1, 0.15) is 0 Å². The van der Waals surface area contributed by atoms with E-state index in [0.29, 0.717) is 22.1 Å². The van der Waals surface area contributed by atoms with Crippen molar-refractivity contribution in [2.75, 3.05) is 10.6 Å². The average molecular weight is 292 g/mol. The smallest absolute Gasteiger partial charge is 0.323 e. The Kier molecular flexibility index (Phi) is 4.45. The predicted octanol–water partition coefficient (Wildman–Crippen LogP) is 3.54. The van der Waals surface area contributed by atoms with E-state index in [1.165, 1.54) is 6.07 Å². The lowest BCUT2D eigenvalue weighted by atomic mass is 10.2. The summed E-state index contributed by atoms with van der Waals surface area (Å²) in [5.41, 5.74) is 2.36. The van der Waals surface area contributed by atoms with Crippen LogP contribution in [0.15, 0.2) is 42.5 Å². The van der Waals surface area contributed by atoms with Crippen LogP contribution in [0.5, 0.6) is 5.75 Å². The number of anilines is 2. The highest BCUT2D eigenvalue weighted by atomic mass is 35.5. The van der Waals surface area contributed by atoms with Crippen LogP contribution in [0.2, 0.25) is 5.02 Å². The molecule has 2 aromatic carbocycles. The van der Waals surface area contributed by atoms with E-state index in [4.69, 9.17) is 17.5 Å². The molecule has 0 radical (unpaired) electrons. The van der Waals surface area contributed by atoms with Gasteiger partial charge < -0.3 is 15.5 Å². The normalized spacial score (nSPS) is 9.95. The van der Waals surface area contributed by atoms with Crippen molar-refractivity contribution in [1.29, 1.82) is 0 Å². The van der Waals surface area contributed by atoms with E-state index in [1.54, 1.807) is 12.1 Å². The molecule has 0 saturated heterocycles. The topological polar surface area (TPSA) is 76.4 Å². The number of hydrogen-bond donors (Lipinski definition) is 3. The van der Waals surface area contributed by atoms with E-state index < -0.39 is 0 Å². The molecule has 0 heterocycles. The fourth-order valence-electron chi connectivity index (χ4n) is 1.60. The van der Waals surface area contributed by atoms with Gasteiger partial charge in [0.05, 0.1) is 5.02 Å². The minimum atomic E-state index is -0.362. The molecule has 5 nitrogen and oxygen atoms in total. The number of halogens is 1. The standard InChI is InChI=1S/C14H14ClN3O2/c1-9-2-4-10(5-3-9)17-14(19)18-11-6-7-12(15)13(8-11)20-16/h2-8H,16H2,1H3,(H2,17,18,19). The van der Waals surface area contributed by atoms with Crippen molar-refractivity contribution >= 4 is 29.0 Å². The molecule has 2 amide bonds. The Morgan fingerprint density at radius 2 is 1.70 bits per heavy atom. The molecule has 0 atom stereocenters. The molecular weight excluding hydrogens is 278 g/mol. The molecule has 20 heavy (non-hydrogen) atoms. The maximum atomic E-state index is 11.8. The molecule has 4 N–H and O–H groups in total. The second-order valence-electron chi connectivity index (χ2n) is 4.21. The lowest BCUT2D eigenvalue weighted by molar-refractivity contribution is 0.262. The molecule has 2 aromatic rings. The molecule has 0 aromatic heterocycles. The lowest BCUT2D eigenvalue weighted by Gasteiger charge is -2.09. The summed E-state index contributed by atoms with van der Waals surface area (Å²) < 4.78 is 0.